The maximum atomic E-state index is 12.8. The zero-order valence-electron chi connectivity index (χ0n) is 26.3. The molecule has 0 saturated heterocycles. The van der Waals surface area contributed by atoms with Crippen LogP contribution in [0.25, 0.3) is 0 Å². The number of fused-ring (bicyclic) bond motifs is 5. The van der Waals surface area contributed by atoms with E-state index in [4.69, 9.17) is 4.74 Å². The highest BCUT2D eigenvalue weighted by molar-refractivity contribution is 5.70. The molecule has 0 radical (unpaired) electrons. The molecule has 2 nitrogen and oxygen atoms in total. The molecule has 0 aromatic heterocycles. The number of hydrogen-bond acceptors (Lipinski definition) is 2. The molecule has 0 N–H and O–H groups in total. The van der Waals surface area contributed by atoms with E-state index < -0.39 is 0 Å². The molecule has 0 heterocycles. The van der Waals surface area contributed by atoms with Crippen molar-refractivity contribution in [2.24, 2.45) is 52.3 Å². The first kappa shape index (κ1) is 30.2. The summed E-state index contributed by atoms with van der Waals surface area (Å²) in [6.45, 7) is 17.1. The maximum absolute atomic E-state index is 12.8. The van der Waals surface area contributed by atoms with Crippen LogP contribution in [0.3, 0.4) is 0 Å². The van der Waals surface area contributed by atoms with Gasteiger partial charge in [0.2, 0.25) is 0 Å². The summed E-state index contributed by atoms with van der Waals surface area (Å²) in [7, 11) is 0. The summed E-state index contributed by atoms with van der Waals surface area (Å²) in [6, 6.07) is 0. The Balaban J connectivity index is 1.37. The van der Waals surface area contributed by atoms with Gasteiger partial charge in [-0.05, 0) is 104 Å². The molecule has 0 spiro atoms. The van der Waals surface area contributed by atoms with Crippen molar-refractivity contribution in [1.29, 1.82) is 0 Å². The molecular weight excluding hydrogens is 464 g/mol. The van der Waals surface area contributed by atoms with Gasteiger partial charge in [-0.2, -0.15) is 0 Å². The normalized spacial score (nSPS) is 38.1. The van der Waals surface area contributed by atoms with Crippen molar-refractivity contribution in [3.63, 3.8) is 0 Å². The summed E-state index contributed by atoms with van der Waals surface area (Å²) in [4.78, 5) is 12.8. The molecule has 4 aliphatic carbocycles. The Bertz CT molecular complexity index is 812. The highest BCUT2D eigenvalue weighted by Gasteiger charge is 2.59. The van der Waals surface area contributed by atoms with Crippen LogP contribution in [0.1, 0.15) is 151 Å². The third kappa shape index (κ3) is 6.25. The summed E-state index contributed by atoms with van der Waals surface area (Å²) in [5.41, 5.74) is 2.53. The Labute approximate surface area is 236 Å². The predicted molar refractivity (Wildman–Crippen MR) is 161 cm³/mol. The van der Waals surface area contributed by atoms with Gasteiger partial charge in [0.1, 0.15) is 6.10 Å². The minimum Gasteiger partial charge on any atom is -0.462 e. The molecule has 3 fully saturated rings. The monoisotopic (exact) mass is 526 g/mol. The Hall–Kier alpha value is -0.790. The Morgan fingerprint density at radius 2 is 1.76 bits per heavy atom. The number of allylic oxidation sites excluding steroid dienone is 1. The van der Waals surface area contributed by atoms with E-state index in [0.717, 1.165) is 61.2 Å². The number of unbranched alkanes of at least 4 members (excludes halogenated alkanes) is 1. The van der Waals surface area contributed by atoms with Gasteiger partial charge in [-0.1, -0.05) is 98.6 Å². The molecule has 0 aromatic carbocycles. The van der Waals surface area contributed by atoms with E-state index in [1.807, 2.05) is 0 Å². The summed E-state index contributed by atoms with van der Waals surface area (Å²) in [5.74, 6) is 5.83. The fourth-order valence-electron chi connectivity index (χ4n) is 10.2. The van der Waals surface area contributed by atoms with E-state index in [0.29, 0.717) is 23.2 Å². The van der Waals surface area contributed by atoms with Crippen LogP contribution < -0.4 is 0 Å². The first-order chi connectivity index (χ1) is 18.1. The molecule has 0 amide bonds. The summed E-state index contributed by atoms with van der Waals surface area (Å²) in [6.07, 6.45) is 22.6. The van der Waals surface area contributed by atoms with Crippen molar-refractivity contribution >= 4 is 5.97 Å². The van der Waals surface area contributed by atoms with Crippen LogP contribution in [0.2, 0.25) is 0 Å². The maximum Gasteiger partial charge on any atom is 0.306 e. The molecule has 0 aliphatic heterocycles. The zero-order valence-corrected chi connectivity index (χ0v) is 26.3. The van der Waals surface area contributed by atoms with E-state index in [2.05, 4.69) is 54.5 Å². The number of carbonyl (C=O) groups is 1. The third-order valence-electron chi connectivity index (χ3n) is 12.6. The summed E-state index contributed by atoms with van der Waals surface area (Å²) < 4.78 is 6.13. The van der Waals surface area contributed by atoms with E-state index in [-0.39, 0.29) is 12.1 Å². The molecule has 9 atom stereocenters. The second-order valence-corrected chi connectivity index (χ2v) is 15.3. The largest absolute Gasteiger partial charge is 0.462 e. The van der Waals surface area contributed by atoms with E-state index in [1.165, 1.54) is 70.6 Å². The minimum atomic E-state index is 0.0591. The van der Waals surface area contributed by atoms with Gasteiger partial charge < -0.3 is 4.74 Å². The van der Waals surface area contributed by atoms with Crippen molar-refractivity contribution in [3.05, 3.63) is 11.6 Å². The first-order valence-electron chi connectivity index (χ1n) is 17.0. The van der Waals surface area contributed by atoms with E-state index in [9.17, 15) is 4.79 Å². The Morgan fingerprint density at radius 1 is 0.974 bits per heavy atom. The molecular formula is C36H62O2. The van der Waals surface area contributed by atoms with Crippen LogP contribution in [0.5, 0.6) is 0 Å². The standard InChI is InChI=1S/C36H62O2/c1-8-10-14-27(9-2)23-34(37)38-29-19-21-35(6)28(24-29)15-16-30-32-18-17-31(26(5)13-11-12-25(3)4)36(32,7)22-20-33(30)35/h15,25-27,29-33H,8-14,16-24H2,1-7H3/t26-,27?,29+,30+,31-,32+,33+,35+,36-/m1/s1. The zero-order chi connectivity index (χ0) is 27.5. The molecule has 2 heteroatoms. The van der Waals surface area contributed by atoms with Crippen LogP contribution in [-0.4, -0.2) is 12.1 Å². The number of rotatable bonds is 12. The predicted octanol–water partition coefficient (Wildman–Crippen LogP) is 10.5. The highest BCUT2D eigenvalue weighted by atomic mass is 16.5. The van der Waals surface area contributed by atoms with Gasteiger partial charge in [-0.3, -0.25) is 4.79 Å². The number of carbonyl (C=O) groups excluding carboxylic acids is 1. The molecule has 3 saturated carbocycles. The van der Waals surface area contributed by atoms with Crippen molar-refractivity contribution in [3.8, 4) is 0 Å². The van der Waals surface area contributed by atoms with Crippen molar-refractivity contribution in [2.45, 2.75) is 157 Å². The van der Waals surface area contributed by atoms with Crippen molar-refractivity contribution in [1.82, 2.24) is 0 Å². The van der Waals surface area contributed by atoms with Crippen LogP contribution in [-0.2, 0) is 9.53 Å². The smallest absolute Gasteiger partial charge is 0.306 e. The van der Waals surface area contributed by atoms with Crippen molar-refractivity contribution in [2.75, 3.05) is 0 Å². The quantitative estimate of drug-likeness (QED) is 0.187. The van der Waals surface area contributed by atoms with Crippen molar-refractivity contribution < 1.29 is 9.53 Å². The van der Waals surface area contributed by atoms with Crippen LogP contribution in [0.15, 0.2) is 11.6 Å². The van der Waals surface area contributed by atoms with Gasteiger partial charge in [-0.25, -0.2) is 0 Å². The molecule has 4 rings (SSSR count). The highest BCUT2D eigenvalue weighted by Crippen LogP contribution is 2.67. The van der Waals surface area contributed by atoms with Gasteiger partial charge in [0, 0.05) is 12.8 Å². The number of hydrogen-bond donors (Lipinski definition) is 0. The molecule has 38 heavy (non-hydrogen) atoms. The molecule has 0 bridgehead atoms. The summed E-state index contributed by atoms with van der Waals surface area (Å²) >= 11 is 0. The molecule has 1 unspecified atom stereocenters. The second-order valence-electron chi connectivity index (χ2n) is 15.3. The SMILES string of the molecule is CCCCC(CC)CC(=O)O[C@H]1CC[C@@]2(C)C(=CC[C@H]3[C@@H]4CC[C@H]([C@H](C)CCCC(C)C)[C@@]4(C)CC[C@@H]32)C1. The lowest BCUT2D eigenvalue weighted by Gasteiger charge is -2.58. The minimum absolute atomic E-state index is 0.0591. The lowest BCUT2D eigenvalue weighted by Crippen LogP contribution is -2.51. The second kappa shape index (κ2) is 12.8. The van der Waals surface area contributed by atoms with Gasteiger partial charge in [-0.15, -0.1) is 0 Å². The van der Waals surface area contributed by atoms with Gasteiger partial charge in [0.25, 0.3) is 0 Å². The van der Waals surface area contributed by atoms with E-state index in [1.54, 1.807) is 5.57 Å². The number of ether oxygens (including phenoxy) is 1. The van der Waals surface area contributed by atoms with Gasteiger partial charge >= 0.3 is 5.97 Å². The van der Waals surface area contributed by atoms with Crippen LogP contribution >= 0.6 is 0 Å². The lowest BCUT2D eigenvalue weighted by atomic mass is 9.47. The fourth-order valence-corrected chi connectivity index (χ4v) is 10.2. The molecule has 218 valence electrons. The average Bonchev–Trinajstić information content (AvgIpc) is 3.23. The van der Waals surface area contributed by atoms with Crippen LogP contribution in [0.4, 0.5) is 0 Å². The fraction of sp³-hybridized carbons (Fsp3) is 0.917. The Kier molecular flexibility index (Phi) is 10.2. The summed E-state index contributed by atoms with van der Waals surface area (Å²) in [5, 5.41) is 0. The Morgan fingerprint density at radius 3 is 2.47 bits per heavy atom. The van der Waals surface area contributed by atoms with Gasteiger partial charge in [0.05, 0.1) is 0 Å². The first-order valence-corrected chi connectivity index (χ1v) is 17.0. The molecule has 0 aromatic rings. The van der Waals surface area contributed by atoms with Crippen LogP contribution in [0, 0.1) is 52.3 Å². The average molecular weight is 527 g/mol. The van der Waals surface area contributed by atoms with E-state index >= 15 is 0 Å². The topological polar surface area (TPSA) is 26.3 Å². The molecule has 4 aliphatic rings. The number of esters is 1. The lowest BCUT2D eigenvalue weighted by molar-refractivity contribution is -0.152. The van der Waals surface area contributed by atoms with Gasteiger partial charge in [0.15, 0.2) is 0 Å². The third-order valence-corrected chi connectivity index (χ3v) is 12.6.